The summed E-state index contributed by atoms with van der Waals surface area (Å²) in [6.45, 7) is 1.67. The van der Waals surface area contributed by atoms with Crippen LogP contribution in [-0.4, -0.2) is 10.7 Å². The third kappa shape index (κ3) is 2.87. The smallest absolute Gasteiger partial charge is 0.122 e. The third-order valence-electron chi connectivity index (χ3n) is 3.03. The van der Waals surface area contributed by atoms with Crippen molar-refractivity contribution in [2.45, 2.75) is 25.4 Å². The van der Waals surface area contributed by atoms with Crippen molar-refractivity contribution >= 4 is 10.8 Å². The van der Waals surface area contributed by atoms with E-state index in [1.807, 2.05) is 12.1 Å². The summed E-state index contributed by atoms with van der Waals surface area (Å²) in [5, 5.41) is 12.2. The lowest BCUT2D eigenvalue weighted by Gasteiger charge is -2.15. The molecule has 0 radical (unpaired) electrons. The molecule has 1 atom stereocenters. The quantitative estimate of drug-likeness (QED) is 0.794. The number of aliphatic hydroxyl groups is 1. The van der Waals surface area contributed by atoms with E-state index in [-0.39, 0.29) is 0 Å². The first kappa shape index (κ1) is 11.7. The van der Waals surface area contributed by atoms with Gasteiger partial charge in [-0.1, -0.05) is 48.4 Å². The molecule has 0 bridgehead atoms. The SMILES string of the molecule is C#CC(C)(O)CCc1ccc2ccccc2c1. The number of hydrogen-bond acceptors (Lipinski definition) is 1. The van der Waals surface area contributed by atoms with E-state index in [1.54, 1.807) is 6.92 Å². The summed E-state index contributed by atoms with van der Waals surface area (Å²) in [5.74, 6) is 2.40. The van der Waals surface area contributed by atoms with E-state index < -0.39 is 5.60 Å². The minimum atomic E-state index is -1.01. The molecule has 2 aromatic carbocycles. The van der Waals surface area contributed by atoms with Crippen LogP contribution in [0.15, 0.2) is 42.5 Å². The number of terminal acetylenes is 1. The van der Waals surface area contributed by atoms with Gasteiger partial charge in [0.2, 0.25) is 0 Å². The molecule has 1 heteroatoms. The third-order valence-corrected chi connectivity index (χ3v) is 3.03. The average molecular weight is 224 g/mol. The van der Waals surface area contributed by atoms with Crippen molar-refractivity contribution in [3.05, 3.63) is 48.0 Å². The molecule has 2 rings (SSSR count). The highest BCUT2D eigenvalue weighted by molar-refractivity contribution is 5.82. The summed E-state index contributed by atoms with van der Waals surface area (Å²) < 4.78 is 0. The van der Waals surface area contributed by atoms with Crippen molar-refractivity contribution in [2.24, 2.45) is 0 Å². The van der Waals surface area contributed by atoms with Crippen LogP contribution in [0.3, 0.4) is 0 Å². The zero-order valence-electron chi connectivity index (χ0n) is 9.98. The van der Waals surface area contributed by atoms with Crippen LogP contribution in [0.25, 0.3) is 10.8 Å². The molecule has 0 fully saturated rings. The predicted molar refractivity (Wildman–Crippen MR) is 71.7 cm³/mol. The Kier molecular flexibility index (Phi) is 3.17. The molecular weight excluding hydrogens is 208 g/mol. The van der Waals surface area contributed by atoms with Gasteiger partial charge in [0.1, 0.15) is 5.60 Å². The van der Waals surface area contributed by atoms with Crippen molar-refractivity contribution in [1.82, 2.24) is 0 Å². The monoisotopic (exact) mass is 224 g/mol. The zero-order valence-corrected chi connectivity index (χ0v) is 9.98. The fourth-order valence-corrected chi connectivity index (χ4v) is 1.85. The number of fused-ring (bicyclic) bond motifs is 1. The summed E-state index contributed by atoms with van der Waals surface area (Å²) in [7, 11) is 0. The van der Waals surface area contributed by atoms with Gasteiger partial charge in [-0.05, 0) is 36.1 Å². The van der Waals surface area contributed by atoms with Crippen molar-refractivity contribution in [3.8, 4) is 12.3 Å². The van der Waals surface area contributed by atoms with Crippen LogP contribution < -0.4 is 0 Å². The fraction of sp³-hybridized carbons (Fsp3) is 0.250. The van der Waals surface area contributed by atoms with Gasteiger partial charge in [0, 0.05) is 0 Å². The Morgan fingerprint density at radius 3 is 2.59 bits per heavy atom. The van der Waals surface area contributed by atoms with Gasteiger partial charge in [0.25, 0.3) is 0 Å². The standard InChI is InChI=1S/C16H16O/c1-3-16(2,17)11-10-13-8-9-14-6-4-5-7-15(14)12-13/h1,4-9,12,17H,10-11H2,2H3. The van der Waals surface area contributed by atoms with E-state index in [0.29, 0.717) is 6.42 Å². The molecule has 1 unspecified atom stereocenters. The molecule has 0 aromatic heterocycles. The van der Waals surface area contributed by atoms with Crippen molar-refractivity contribution in [3.63, 3.8) is 0 Å². The Hall–Kier alpha value is -1.78. The van der Waals surface area contributed by atoms with Crippen LogP contribution in [0.4, 0.5) is 0 Å². The van der Waals surface area contributed by atoms with Crippen LogP contribution in [0.1, 0.15) is 18.9 Å². The number of benzene rings is 2. The highest BCUT2D eigenvalue weighted by Crippen LogP contribution is 2.18. The number of rotatable bonds is 3. The van der Waals surface area contributed by atoms with Crippen molar-refractivity contribution in [1.29, 1.82) is 0 Å². The Labute approximate surface area is 102 Å². The molecular formula is C16H16O. The predicted octanol–water partition coefficient (Wildman–Crippen LogP) is 3.16. The van der Waals surface area contributed by atoms with Crippen LogP contribution in [0.5, 0.6) is 0 Å². The molecule has 1 N–H and O–H groups in total. The van der Waals surface area contributed by atoms with Crippen LogP contribution in [0.2, 0.25) is 0 Å². The van der Waals surface area contributed by atoms with E-state index >= 15 is 0 Å². The Balaban J connectivity index is 2.18. The van der Waals surface area contributed by atoms with E-state index in [9.17, 15) is 5.11 Å². The lowest BCUT2D eigenvalue weighted by atomic mass is 9.96. The molecule has 0 aliphatic rings. The maximum atomic E-state index is 9.76. The summed E-state index contributed by atoms with van der Waals surface area (Å²) >= 11 is 0. The lowest BCUT2D eigenvalue weighted by molar-refractivity contribution is 0.113. The summed E-state index contributed by atoms with van der Waals surface area (Å²) in [6, 6.07) is 14.6. The Morgan fingerprint density at radius 1 is 1.18 bits per heavy atom. The molecule has 0 heterocycles. The molecule has 0 aliphatic heterocycles. The maximum absolute atomic E-state index is 9.76. The van der Waals surface area contributed by atoms with Gasteiger partial charge < -0.3 is 5.11 Å². The maximum Gasteiger partial charge on any atom is 0.122 e. The van der Waals surface area contributed by atoms with Crippen molar-refractivity contribution < 1.29 is 5.11 Å². The minimum absolute atomic E-state index is 0.585. The van der Waals surface area contributed by atoms with Gasteiger partial charge in [0.15, 0.2) is 0 Å². The molecule has 2 aromatic rings. The van der Waals surface area contributed by atoms with Gasteiger partial charge in [-0.25, -0.2) is 0 Å². The largest absolute Gasteiger partial charge is 0.378 e. The second-order valence-electron chi connectivity index (χ2n) is 4.60. The van der Waals surface area contributed by atoms with E-state index in [0.717, 1.165) is 6.42 Å². The molecule has 86 valence electrons. The Morgan fingerprint density at radius 2 is 1.88 bits per heavy atom. The van der Waals surface area contributed by atoms with Crippen molar-refractivity contribution in [2.75, 3.05) is 0 Å². The molecule has 0 amide bonds. The lowest BCUT2D eigenvalue weighted by Crippen LogP contribution is -2.21. The molecule has 17 heavy (non-hydrogen) atoms. The normalized spacial score (nSPS) is 14.2. The van der Waals surface area contributed by atoms with Crippen LogP contribution in [0, 0.1) is 12.3 Å². The first-order chi connectivity index (χ1) is 8.11. The van der Waals surface area contributed by atoms with Gasteiger partial charge in [-0.3, -0.25) is 0 Å². The van der Waals surface area contributed by atoms with Gasteiger partial charge in [-0.2, -0.15) is 0 Å². The summed E-state index contributed by atoms with van der Waals surface area (Å²) in [6.07, 6.45) is 6.64. The second kappa shape index (κ2) is 4.61. The van der Waals surface area contributed by atoms with Crippen LogP contribution in [-0.2, 0) is 6.42 Å². The minimum Gasteiger partial charge on any atom is -0.378 e. The van der Waals surface area contributed by atoms with Gasteiger partial charge >= 0.3 is 0 Å². The first-order valence-corrected chi connectivity index (χ1v) is 5.78. The molecule has 1 nitrogen and oxygen atoms in total. The average Bonchev–Trinajstić information content (AvgIpc) is 2.36. The van der Waals surface area contributed by atoms with Gasteiger partial charge in [0.05, 0.1) is 0 Å². The Bertz CT molecular complexity index is 561. The second-order valence-corrected chi connectivity index (χ2v) is 4.60. The van der Waals surface area contributed by atoms with Gasteiger partial charge in [-0.15, -0.1) is 6.42 Å². The topological polar surface area (TPSA) is 20.2 Å². The van der Waals surface area contributed by atoms with Crippen LogP contribution >= 0.6 is 0 Å². The summed E-state index contributed by atoms with van der Waals surface area (Å²) in [5.41, 5.74) is 0.199. The molecule has 0 aliphatic carbocycles. The van der Waals surface area contributed by atoms with E-state index in [1.165, 1.54) is 16.3 Å². The summed E-state index contributed by atoms with van der Waals surface area (Å²) in [4.78, 5) is 0. The number of aryl methyl sites for hydroxylation is 1. The highest BCUT2D eigenvalue weighted by atomic mass is 16.3. The van der Waals surface area contributed by atoms with E-state index in [2.05, 4.69) is 36.3 Å². The van der Waals surface area contributed by atoms with E-state index in [4.69, 9.17) is 6.42 Å². The molecule has 0 saturated carbocycles. The highest BCUT2D eigenvalue weighted by Gasteiger charge is 2.15. The fourth-order valence-electron chi connectivity index (χ4n) is 1.85. The zero-order chi connectivity index (χ0) is 12.3. The molecule has 0 saturated heterocycles. The number of hydrogen-bond donors (Lipinski definition) is 1. The molecule has 0 spiro atoms. The first-order valence-electron chi connectivity index (χ1n) is 5.78.